The highest BCUT2D eigenvalue weighted by atomic mass is 35.5. The molecule has 2 heterocycles. The van der Waals surface area contributed by atoms with Gasteiger partial charge in [0.05, 0.1) is 13.1 Å². The molecular weight excluding hydrogens is 511 g/mol. The Morgan fingerprint density at radius 2 is 0.895 bits per heavy atom. The highest BCUT2D eigenvalue weighted by Gasteiger charge is 2.17. The number of aromatic nitrogens is 4. The van der Waals surface area contributed by atoms with Crippen molar-refractivity contribution < 1.29 is 9.13 Å². The van der Waals surface area contributed by atoms with E-state index in [4.69, 9.17) is 23.2 Å². The van der Waals surface area contributed by atoms with E-state index in [0.29, 0.717) is 0 Å². The summed E-state index contributed by atoms with van der Waals surface area (Å²) in [4.78, 5) is 0. The zero-order chi connectivity index (χ0) is 25.9. The first-order valence-corrected chi connectivity index (χ1v) is 13.8. The second kappa shape index (κ2) is 11.0. The molecule has 0 aliphatic heterocycles. The van der Waals surface area contributed by atoms with E-state index in [2.05, 4.69) is 104 Å². The molecule has 0 spiro atoms. The molecule has 6 aromatic rings. The van der Waals surface area contributed by atoms with Gasteiger partial charge in [0, 0.05) is 10.0 Å². The molecule has 0 saturated heterocycles. The fraction of sp³-hybridized carbons (Fsp3) is 0.188. The summed E-state index contributed by atoms with van der Waals surface area (Å²) in [6.45, 7) is 3.62. The topological polar surface area (TPSA) is 17.6 Å². The molecule has 2 aromatic heterocycles. The van der Waals surface area contributed by atoms with Crippen molar-refractivity contribution in [3.63, 3.8) is 0 Å². The molecule has 4 nitrogen and oxygen atoms in total. The fourth-order valence-electron chi connectivity index (χ4n) is 5.23. The van der Waals surface area contributed by atoms with Gasteiger partial charge in [0.15, 0.2) is 22.1 Å². The third kappa shape index (κ3) is 5.33. The summed E-state index contributed by atoms with van der Waals surface area (Å²) in [7, 11) is 0. The molecule has 4 aromatic carbocycles. The first-order chi connectivity index (χ1) is 18.6. The molecule has 0 unspecified atom stereocenters. The Labute approximate surface area is 232 Å². The number of fused-ring (bicyclic) bond motifs is 2. The van der Waals surface area contributed by atoms with E-state index in [1.54, 1.807) is 0 Å². The maximum Gasteiger partial charge on any atom is 0.245 e. The molecule has 0 aliphatic carbocycles. The fourth-order valence-corrected chi connectivity index (χ4v) is 5.48. The number of hydrogen-bond donors (Lipinski definition) is 0. The first kappa shape index (κ1) is 24.7. The van der Waals surface area contributed by atoms with Crippen LogP contribution in [-0.4, -0.2) is 9.13 Å². The van der Waals surface area contributed by atoms with E-state index >= 15 is 0 Å². The van der Waals surface area contributed by atoms with Crippen LogP contribution in [0.5, 0.6) is 0 Å². The number of unbranched alkanes of at least 4 members (excludes halogenated alkanes) is 1. The molecule has 6 rings (SSSR count). The van der Waals surface area contributed by atoms with Crippen LogP contribution in [0.2, 0.25) is 10.0 Å². The predicted molar refractivity (Wildman–Crippen MR) is 155 cm³/mol. The van der Waals surface area contributed by atoms with Crippen molar-refractivity contribution in [1.82, 2.24) is 9.13 Å². The van der Waals surface area contributed by atoms with Gasteiger partial charge < -0.3 is 0 Å². The Morgan fingerprint density at radius 3 is 1.32 bits per heavy atom. The van der Waals surface area contributed by atoms with Gasteiger partial charge in [-0.05, 0) is 72.5 Å². The number of benzene rings is 4. The second-order valence-electron chi connectivity index (χ2n) is 9.81. The lowest BCUT2D eigenvalue weighted by atomic mass is 10.2. The lowest BCUT2D eigenvalue weighted by molar-refractivity contribution is -0.663. The average molecular weight is 542 g/mol. The highest BCUT2D eigenvalue weighted by molar-refractivity contribution is 6.30. The summed E-state index contributed by atoms with van der Waals surface area (Å²) >= 11 is 12.2. The van der Waals surface area contributed by atoms with E-state index in [1.165, 1.54) is 33.2 Å². The van der Waals surface area contributed by atoms with Crippen molar-refractivity contribution in [1.29, 1.82) is 0 Å². The largest absolute Gasteiger partial charge is 0.245 e. The maximum atomic E-state index is 6.09. The van der Waals surface area contributed by atoms with Crippen LogP contribution in [0.1, 0.15) is 24.0 Å². The van der Waals surface area contributed by atoms with Crippen molar-refractivity contribution in [2.75, 3.05) is 0 Å². The van der Waals surface area contributed by atoms with Crippen LogP contribution in [0.3, 0.4) is 0 Å². The van der Waals surface area contributed by atoms with Crippen molar-refractivity contribution in [3.8, 4) is 0 Å². The minimum absolute atomic E-state index is 0.771. The minimum atomic E-state index is 0.771. The standard InChI is InChI=1S/C32H30Cl2N4/c33-27-15-11-25(12-16-27)21-37-23-35(29-7-1-3-9-31(29)37)19-5-6-20-36-24-38(32-10-4-2-8-30(32)36)22-26-13-17-28(34)18-14-26/h1-4,7-18,23-24H,5-6,19-22H2/q+2. The Kier molecular flexibility index (Phi) is 7.17. The Hall–Kier alpha value is -3.60. The molecule has 0 atom stereocenters. The van der Waals surface area contributed by atoms with E-state index in [1.807, 2.05) is 24.3 Å². The summed E-state index contributed by atoms with van der Waals surface area (Å²) < 4.78 is 9.44. The molecule has 6 heteroatoms. The number of aryl methyl sites for hydroxylation is 2. The average Bonchev–Trinajstić information content (AvgIpc) is 3.47. The molecule has 0 fully saturated rings. The van der Waals surface area contributed by atoms with Crippen LogP contribution >= 0.6 is 23.2 Å². The van der Waals surface area contributed by atoms with Crippen molar-refractivity contribution in [2.45, 2.75) is 39.0 Å². The number of hydrogen-bond acceptors (Lipinski definition) is 0. The highest BCUT2D eigenvalue weighted by Crippen LogP contribution is 2.17. The van der Waals surface area contributed by atoms with Gasteiger partial charge in [0.2, 0.25) is 12.7 Å². The van der Waals surface area contributed by atoms with Crippen LogP contribution in [0.4, 0.5) is 0 Å². The van der Waals surface area contributed by atoms with Crippen molar-refractivity contribution >= 4 is 45.3 Å². The van der Waals surface area contributed by atoms with Gasteiger partial charge in [-0.3, -0.25) is 0 Å². The number of imidazole rings is 2. The van der Waals surface area contributed by atoms with E-state index < -0.39 is 0 Å². The smallest absolute Gasteiger partial charge is 0.230 e. The summed E-state index contributed by atoms with van der Waals surface area (Å²) in [5.41, 5.74) is 7.54. The van der Waals surface area contributed by atoms with E-state index in [0.717, 1.165) is 49.1 Å². The van der Waals surface area contributed by atoms with Crippen LogP contribution in [-0.2, 0) is 26.2 Å². The molecule has 0 radical (unpaired) electrons. The van der Waals surface area contributed by atoms with Crippen molar-refractivity contribution in [3.05, 3.63) is 131 Å². The summed E-state index contributed by atoms with van der Waals surface area (Å²) in [5, 5.41) is 1.54. The third-order valence-corrected chi connectivity index (χ3v) is 7.64. The van der Waals surface area contributed by atoms with Gasteiger partial charge in [0.1, 0.15) is 13.1 Å². The van der Waals surface area contributed by atoms with Gasteiger partial charge in [-0.1, -0.05) is 71.7 Å². The van der Waals surface area contributed by atoms with E-state index in [-0.39, 0.29) is 0 Å². The third-order valence-electron chi connectivity index (χ3n) is 7.14. The number of halogens is 2. The van der Waals surface area contributed by atoms with Crippen LogP contribution in [0.15, 0.2) is 110 Å². The molecule has 0 amide bonds. The van der Waals surface area contributed by atoms with Crippen LogP contribution in [0.25, 0.3) is 22.1 Å². The molecular formula is C32H30Cl2N4+2. The summed E-state index contributed by atoms with van der Waals surface area (Å²) in [5.74, 6) is 0. The first-order valence-electron chi connectivity index (χ1n) is 13.1. The van der Waals surface area contributed by atoms with Crippen LogP contribution < -0.4 is 9.13 Å². The lowest BCUT2D eigenvalue weighted by Gasteiger charge is -2.00. The maximum absolute atomic E-state index is 6.09. The SMILES string of the molecule is Clc1ccc(C[n+]2cn(CCCCn3c[n+](Cc4ccc(Cl)cc4)c4ccccc43)c3ccccc32)cc1. The van der Waals surface area contributed by atoms with Gasteiger partial charge in [-0.15, -0.1) is 0 Å². The monoisotopic (exact) mass is 540 g/mol. The Bertz CT molecular complexity index is 1550. The zero-order valence-electron chi connectivity index (χ0n) is 21.2. The minimum Gasteiger partial charge on any atom is -0.230 e. The number of para-hydroxylation sites is 4. The summed E-state index contributed by atoms with van der Waals surface area (Å²) in [6.07, 6.45) is 6.71. The number of rotatable bonds is 9. The van der Waals surface area contributed by atoms with Gasteiger partial charge in [-0.25, -0.2) is 18.3 Å². The van der Waals surface area contributed by atoms with Gasteiger partial charge in [0.25, 0.3) is 0 Å². The Balaban J connectivity index is 1.15. The quantitative estimate of drug-likeness (QED) is 0.138. The van der Waals surface area contributed by atoms with Gasteiger partial charge in [-0.2, -0.15) is 0 Å². The van der Waals surface area contributed by atoms with Crippen molar-refractivity contribution in [2.24, 2.45) is 0 Å². The molecule has 38 heavy (non-hydrogen) atoms. The second-order valence-corrected chi connectivity index (χ2v) is 10.7. The lowest BCUT2D eigenvalue weighted by Crippen LogP contribution is -2.32. The molecule has 0 saturated carbocycles. The Morgan fingerprint density at radius 1 is 0.500 bits per heavy atom. The number of nitrogens with zero attached hydrogens (tertiary/aromatic N) is 4. The van der Waals surface area contributed by atoms with Gasteiger partial charge >= 0.3 is 0 Å². The van der Waals surface area contributed by atoms with Crippen LogP contribution in [0, 0.1) is 0 Å². The summed E-state index contributed by atoms with van der Waals surface area (Å²) in [6, 6.07) is 33.5. The molecule has 0 aliphatic rings. The molecule has 190 valence electrons. The predicted octanol–water partition coefficient (Wildman–Crippen LogP) is 7.05. The molecule has 0 bridgehead atoms. The van der Waals surface area contributed by atoms with E-state index in [9.17, 15) is 0 Å². The molecule has 0 N–H and O–H groups in total. The normalized spacial score (nSPS) is 11.5. The zero-order valence-corrected chi connectivity index (χ0v) is 22.7.